The van der Waals surface area contributed by atoms with Crippen LogP contribution in [0.1, 0.15) is 30.4 Å². The zero-order valence-electron chi connectivity index (χ0n) is 18.6. The summed E-state index contributed by atoms with van der Waals surface area (Å²) in [5.41, 5.74) is 3.50. The second-order valence-corrected chi connectivity index (χ2v) is 8.35. The minimum absolute atomic E-state index is 0.0627. The number of anilines is 1. The third-order valence-corrected chi connectivity index (χ3v) is 6.13. The van der Waals surface area contributed by atoms with Crippen molar-refractivity contribution in [1.82, 2.24) is 24.9 Å². The van der Waals surface area contributed by atoms with Crippen molar-refractivity contribution < 1.29 is 4.79 Å². The topological polar surface area (TPSA) is 69.0 Å². The van der Waals surface area contributed by atoms with E-state index in [1.54, 1.807) is 22.8 Å². The number of nitrogens with zero attached hydrogens (tertiary/aromatic N) is 6. The fourth-order valence-electron chi connectivity index (χ4n) is 4.42. The Morgan fingerprint density at radius 1 is 1.10 bits per heavy atom. The molecule has 0 aliphatic carbocycles. The number of aliphatic imine (C=N–C) groups is 1. The molecule has 1 amide bonds. The van der Waals surface area contributed by atoms with Gasteiger partial charge in [-0.15, -0.1) is 0 Å². The monoisotopic (exact) mass is 423 g/mol. The lowest BCUT2D eigenvalue weighted by Crippen LogP contribution is -2.55. The van der Waals surface area contributed by atoms with E-state index >= 15 is 0 Å². The maximum atomic E-state index is 12.7. The average Bonchev–Trinajstić information content (AvgIpc) is 3.22. The number of carbonyl (C=O) groups excluding carboxylic acids is 1. The van der Waals surface area contributed by atoms with Crippen LogP contribution >= 0.6 is 0 Å². The van der Waals surface area contributed by atoms with E-state index in [1.165, 1.54) is 43.5 Å². The summed E-state index contributed by atoms with van der Waals surface area (Å²) in [6, 6.07) is 8.62. The normalized spacial score (nSPS) is 18.5. The van der Waals surface area contributed by atoms with Gasteiger partial charge in [-0.05, 0) is 37.1 Å². The molecular weight excluding hydrogens is 390 g/mol. The third-order valence-electron chi connectivity index (χ3n) is 6.13. The van der Waals surface area contributed by atoms with Gasteiger partial charge in [-0.25, -0.2) is 0 Å². The Hall–Kier alpha value is -2.87. The van der Waals surface area contributed by atoms with Crippen LogP contribution in [0.25, 0.3) is 0 Å². The first kappa shape index (κ1) is 21.4. The number of rotatable bonds is 5. The van der Waals surface area contributed by atoms with Gasteiger partial charge in [-0.3, -0.25) is 19.4 Å². The van der Waals surface area contributed by atoms with Crippen molar-refractivity contribution in [2.75, 3.05) is 44.7 Å². The number of nitrogens with one attached hydrogen (secondary N) is 1. The summed E-state index contributed by atoms with van der Waals surface area (Å²) in [4.78, 5) is 23.6. The molecule has 8 heteroatoms. The average molecular weight is 424 g/mol. The summed E-state index contributed by atoms with van der Waals surface area (Å²) in [6.07, 6.45) is 7.56. The van der Waals surface area contributed by atoms with Gasteiger partial charge in [-0.1, -0.05) is 30.7 Å². The third kappa shape index (κ3) is 5.25. The van der Waals surface area contributed by atoms with Gasteiger partial charge in [-0.2, -0.15) is 5.10 Å². The molecule has 0 atom stereocenters. The standard InChI is InChI=1S/C23H33N7O/c1-24-23(29-12-13-30(22(31)18-29)21-15-26-27(2)17-21)25-14-19-8-4-5-9-20(19)16-28-10-6-3-7-11-28/h4-5,8-9,15,17H,3,6-7,10-14,16,18H2,1-2H3,(H,24,25). The number of aromatic nitrogens is 2. The van der Waals surface area contributed by atoms with E-state index in [9.17, 15) is 4.79 Å². The van der Waals surface area contributed by atoms with Crippen molar-refractivity contribution in [3.63, 3.8) is 0 Å². The maximum absolute atomic E-state index is 12.7. The number of piperazine rings is 1. The summed E-state index contributed by atoms with van der Waals surface area (Å²) in [5.74, 6) is 0.833. The molecule has 166 valence electrons. The summed E-state index contributed by atoms with van der Waals surface area (Å²) in [7, 11) is 3.64. The highest BCUT2D eigenvalue weighted by atomic mass is 16.2. The highest BCUT2D eigenvalue weighted by Crippen LogP contribution is 2.18. The molecule has 0 radical (unpaired) electrons. The molecule has 0 bridgehead atoms. The van der Waals surface area contributed by atoms with Gasteiger partial charge in [0.1, 0.15) is 6.54 Å². The number of piperidine rings is 1. The number of guanidine groups is 1. The van der Waals surface area contributed by atoms with Crippen LogP contribution in [0.5, 0.6) is 0 Å². The quantitative estimate of drug-likeness (QED) is 0.587. The van der Waals surface area contributed by atoms with E-state index < -0.39 is 0 Å². The van der Waals surface area contributed by atoms with Crippen molar-refractivity contribution in [2.24, 2.45) is 12.0 Å². The summed E-state index contributed by atoms with van der Waals surface area (Å²) in [6.45, 7) is 5.74. The van der Waals surface area contributed by atoms with Crippen LogP contribution in [0.4, 0.5) is 5.69 Å². The number of hydrogen-bond donors (Lipinski definition) is 1. The smallest absolute Gasteiger partial charge is 0.246 e. The van der Waals surface area contributed by atoms with Crippen LogP contribution in [0.15, 0.2) is 41.7 Å². The Morgan fingerprint density at radius 2 is 1.87 bits per heavy atom. The van der Waals surface area contributed by atoms with E-state index in [1.807, 2.05) is 18.1 Å². The second kappa shape index (κ2) is 9.96. The Balaban J connectivity index is 1.35. The van der Waals surface area contributed by atoms with Crippen molar-refractivity contribution in [2.45, 2.75) is 32.4 Å². The zero-order valence-corrected chi connectivity index (χ0v) is 18.6. The van der Waals surface area contributed by atoms with Gasteiger partial charge < -0.3 is 15.1 Å². The predicted octanol–water partition coefficient (Wildman–Crippen LogP) is 1.83. The van der Waals surface area contributed by atoms with Crippen LogP contribution < -0.4 is 10.2 Å². The molecule has 0 saturated carbocycles. The summed E-state index contributed by atoms with van der Waals surface area (Å²) in [5, 5.41) is 7.66. The molecule has 2 saturated heterocycles. The molecule has 4 rings (SSSR count). The molecule has 0 unspecified atom stereocenters. The Kier molecular flexibility index (Phi) is 6.86. The minimum atomic E-state index is 0.0627. The van der Waals surface area contributed by atoms with Crippen LogP contribution in [-0.4, -0.2) is 71.2 Å². The lowest BCUT2D eigenvalue weighted by Gasteiger charge is -2.35. The van der Waals surface area contributed by atoms with Crippen molar-refractivity contribution in [3.05, 3.63) is 47.8 Å². The number of hydrogen-bond acceptors (Lipinski definition) is 4. The van der Waals surface area contributed by atoms with Gasteiger partial charge in [0.2, 0.25) is 5.91 Å². The number of likely N-dealkylation sites (tertiary alicyclic amines) is 1. The Morgan fingerprint density at radius 3 is 2.55 bits per heavy atom. The first-order valence-electron chi connectivity index (χ1n) is 11.2. The van der Waals surface area contributed by atoms with E-state index in [0.717, 1.165) is 24.7 Å². The van der Waals surface area contributed by atoms with Gasteiger partial charge >= 0.3 is 0 Å². The Bertz CT molecular complexity index is 916. The van der Waals surface area contributed by atoms with E-state index in [0.29, 0.717) is 19.6 Å². The number of aryl methyl sites for hydroxylation is 1. The number of benzene rings is 1. The highest BCUT2D eigenvalue weighted by molar-refractivity contribution is 5.98. The van der Waals surface area contributed by atoms with Crippen LogP contribution in [0.3, 0.4) is 0 Å². The molecule has 2 aliphatic heterocycles. The predicted molar refractivity (Wildman–Crippen MR) is 123 cm³/mol. The van der Waals surface area contributed by atoms with E-state index in [4.69, 9.17) is 0 Å². The van der Waals surface area contributed by atoms with Gasteiger partial charge in [0.05, 0.1) is 11.9 Å². The number of amides is 1. The summed E-state index contributed by atoms with van der Waals surface area (Å²) >= 11 is 0. The van der Waals surface area contributed by atoms with Crippen molar-refractivity contribution in [1.29, 1.82) is 0 Å². The number of carbonyl (C=O) groups is 1. The molecule has 31 heavy (non-hydrogen) atoms. The molecule has 1 aromatic heterocycles. The largest absolute Gasteiger partial charge is 0.352 e. The molecule has 1 N–H and O–H groups in total. The molecule has 3 heterocycles. The molecule has 1 aromatic carbocycles. The SMILES string of the molecule is CN=C(NCc1ccccc1CN1CCCCC1)N1CCN(c2cnn(C)c2)C(=O)C1. The lowest BCUT2D eigenvalue weighted by atomic mass is 10.0. The van der Waals surface area contributed by atoms with Crippen LogP contribution in [-0.2, 0) is 24.9 Å². The van der Waals surface area contributed by atoms with Crippen LogP contribution in [0, 0.1) is 0 Å². The molecular formula is C23H33N7O. The van der Waals surface area contributed by atoms with Gasteiger partial charge in [0.25, 0.3) is 0 Å². The Labute approximate surface area is 184 Å². The zero-order chi connectivity index (χ0) is 21.6. The second-order valence-electron chi connectivity index (χ2n) is 8.35. The van der Waals surface area contributed by atoms with Crippen molar-refractivity contribution >= 4 is 17.6 Å². The van der Waals surface area contributed by atoms with Crippen molar-refractivity contribution in [3.8, 4) is 0 Å². The fraction of sp³-hybridized carbons (Fsp3) is 0.522. The van der Waals surface area contributed by atoms with Gasteiger partial charge in [0.15, 0.2) is 5.96 Å². The van der Waals surface area contributed by atoms with E-state index in [-0.39, 0.29) is 5.91 Å². The molecule has 0 spiro atoms. The first-order chi connectivity index (χ1) is 15.1. The summed E-state index contributed by atoms with van der Waals surface area (Å²) < 4.78 is 1.72. The van der Waals surface area contributed by atoms with E-state index in [2.05, 4.69) is 44.6 Å². The van der Waals surface area contributed by atoms with Gasteiger partial charge in [0, 0.05) is 46.5 Å². The maximum Gasteiger partial charge on any atom is 0.246 e. The molecule has 2 aromatic rings. The molecule has 2 fully saturated rings. The van der Waals surface area contributed by atoms with Crippen LogP contribution in [0.2, 0.25) is 0 Å². The first-order valence-corrected chi connectivity index (χ1v) is 11.2. The highest BCUT2D eigenvalue weighted by Gasteiger charge is 2.27. The molecule has 8 nitrogen and oxygen atoms in total. The minimum Gasteiger partial charge on any atom is -0.352 e. The molecule has 2 aliphatic rings. The lowest BCUT2D eigenvalue weighted by molar-refractivity contribution is -0.120. The fourth-order valence-corrected chi connectivity index (χ4v) is 4.42.